The molecule has 10 nitrogen and oxygen atoms in total. The van der Waals surface area contributed by atoms with Gasteiger partial charge in [-0.25, -0.2) is 14.3 Å². The number of fused-ring (bicyclic) bond motifs is 1. The molecule has 0 spiro atoms. The molecule has 0 radical (unpaired) electrons. The minimum atomic E-state index is -1.17. The number of aromatic nitrogens is 7. The van der Waals surface area contributed by atoms with Crippen LogP contribution in [-0.2, 0) is 11.5 Å². The standard InChI is InChI=1S/C27H37N9OSi/c1-27(8-9-27)24-18-34(13-11-28-24)26-29-17-22(32-33-26)20-6-7-23(35-12-5-10-30-35)25-21(20)16-31-36(25)19-37-14-15-38(2,3)4/h5-7,10,12,16-17,24,28H,8-9,11,13-15,18-19H2,1-4H3. The van der Waals surface area contributed by atoms with Crippen LogP contribution in [0, 0.1) is 5.41 Å². The molecular formula is C27H37N9OSi. The first-order chi connectivity index (χ1) is 18.3. The Labute approximate surface area is 224 Å². The Kier molecular flexibility index (Phi) is 6.53. The fourth-order valence-electron chi connectivity index (χ4n) is 5.11. The molecule has 11 heteroatoms. The SMILES string of the molecule is CC1(C2CN(c3ncc(-c4ccc(-n5cccn5)c5c4cnn5COCC[Si](C)(C)C)nn3)CCN2)CC1. The molecule has 38 heavy (non-hydrogen) atoms. The summed E-state index contributed by atoms with van der Waals surface area (Å²) in [6.07, 6.45) is 10.0. The van der Waals surface area contributed by atoms with Crippen molar-refractivity contribution in [2.75, 3.05) is 31.1 Å². The molecule has 200 valence electrons. The van der Waals surface area contributed by atoms with E-state index < -0.39 is 8.07 Å². The Morgan fingerprint density at radius 2 is 2.00 bits per heavy atom. The lowest BCUT2D eigenvalue weighted by Crippen LogP contribution is -2.54. The van der Waals surface area contributed by atoms with Crippen LogP contribution in [0.2, 0.25) is 25.7 Å². The summed E-state index contributed by atoms with van der Waals surface area (Å²) in [5.41, 5.74) is 3.97. The van der Waals surface area contributed by atoms with Gasteiger partial charge >= 0.3 is 0 Å². The van der Waals surface area contributed by atoms with E-state index in [1.54, 1.807) is 6.20 Å². The van der Waals surface area contributed by atoms with Crippen molar-refractivity contribution in [3.05, 3.63) is 43.0 Å². The van der Waals surface area contributed by atoms with Crippen molar-refractivity contribution < 1.29 is 4.74 Å². The Bertz CT molecular complexity index is 1390. The van der Waals surface area contributed by atoms with E-state index in [2.05, 4.69) is 64.2 Å². The van der Waals surface area contributed by atoms with Crippen molar-refractivity contribution in [3.8, 4) is 16.9 Å². The molecule has 4 heterocycles. The lowest BCUT2D eigenvalue weighted by Gasteiger charge is -2.36. The monoisotopic (exact) mass is 531 g/mol. The second kappa shape index (κ2) is 9.86. The zero-order valence-electron chi connectivity index (χ0n) is 22.8. The molecule has 2 fully saturated rings. The third kappa shape index (κ3) is 5.10. The molecular weight excluding hydrogens is 494 g/mol. The maximum atomic E-state index is 6.05. The molecule has 1 aliphatic heterocycles. The average Bonchev–Trinajstić information content (AvgIpc) is 3.29. The predicted octanol–water partition coefficient (Wildman–Crippen LogP) is 3.96. The zero-order valence-corrected chi connectivity index (χ0v) is 23.8. The van der Waals surface area contributed by atoms with E-state index in [9.17, 15) is 0 Å². The number of hydrogen-bond acceptors (Lipinski definition) is 8. The van der Waals surface area contributed by atoms with Crippen LogP contribution in [0.25, 0.3) is 27.8 Å². The molecule has 4 aromatic rings. The van der Waals surface area contributed by atoms with Crippen molar-refractivity contribution in [2.24, 2.45) is 5.41 Å². The highest BCUT2D eigenvalue weighted by Gasteiger charge is 2.46. The van der Waals surface area contributed by atoms with Crippen LogP contribution in [0.1, 0.15) is 19.8 Å². The summed E-state index contributed by atoms with van der Waals surface area (Å²) in [4.78, 5) is 7.00. The molecule has 6 rings (SSSR count). The highest BCUT2D eigenvalue weighted by molar-refractivity contribution is 6.76. The van der Waals surface area contributed by atoms with E-state index >= 15 is 0 Å². The third-order valence-corrected chi connectivity index (χ3v) is 9.61. The number of ether oxygens (including phenoxy) is 1. The molecule has 1 N–H and O–H groups in total. The summed E-state index contributed by atoms with van der Waals surface area (Å²) < 4.78 is 9.83. The van der Waals surface area contributed by atoms with Crippen molar-refractivity contribution in [2.45, 2.75) is 58.2 Å². The molecule has 1 saturated heterocycles. The maximum absolute atomic E-state index is 6.05. The van der Waals surface area contributed by atoms with E-state index in [1.165, 1.54) is 12.8 Å². The minimum absolute atomic E-state index is 0.387. The fourth-order valence-corrected chi connectivity index (χ4v) is 5.87. The van der Waals surface area contributed by atoms with Gasteiger partial charge in [0.2, 0.25) is 5.95 Å². The van der Waals surface area contributed by atoms with Gasteiger partial charge < -0.3 is 15.0 Å². The number of anilines is 1. The second-order valence-electron chi connectivity index (χ2n) is 12.1. The molecule has 3 aromatic heterocycles. The maximum Gasteiger partial charge on any atom is 0.245 e. The summed E-state index contributed by atoms with van der Waals surface area (Å²) in [5, 5.41) is 23.0. The second-order valence-corrected chi connectivity index (χ2v) is 17.7. The molecule has 0 amide bonds. The van der Waals surface area contributed by atoms with Gasteiger partial charge in [-0.3, -0.25) is 0 Å². The number of benzene rings is 1. The topological polar surface area (TPSA) is 98.8 Å². The molecule has 2 aliphatic rings. The molecule has 0 bridgehead atoms. The van der Waals surface area contributed by atoms with Crippen molar-refractivity contribution >= 4 is 24.9 Å². The van der Waals surface area contributed by atoms with E-state index in [0.717, 1.165) is 60.1 Å². The van der Waals surface area contributed by atoms with Gasteiger partial charge in [-0.05, 0) is 42.5 Å². The van der Waals surface area contributed by atoms with E-state index in [4.69, 9.17) is 14.8 Å². The van der Waals surface area contributed by atoms with E-state index in [-0.39, 0.29) is 0 Å². The lowest BCUT2D eigenvalue weighted by atomic mass is 9.97. The number of piperazine rings is 1. The van der Waals surface area contributed by atoms with Gasteiger partial charge in [-0.15, -0.1) is 10.2 Å². The Hall–Kier alpha value is -3.15. The highest BCUT2D eigenvalue weighted by Crippen LogP contribution is 2.48. The van der Waals surface area contributed by atoms with Gasteiger partial charge in [0.25, 0.3) is 0 Å². The van der Waals surface area contributed by atoms with Gasteiger partial charge in [0.05, 0.1) is 23.6 Å². The molecule has 1 saturated carbocycles. The normalized spacial score (nSPS) is 19.3. The van der Waals surface area contributed by atoms with Crippen molar-refractivity contribution in [3.63, 3.8) is 0 Å². The lowest BCUT2D eigenvalue weighted by molar-refractivity contribution is 0.0817. The Morgan fingerprint density at radius 1 is 1.13 bits per heavy atom. The largest absolute Gasteiger partial charge is 0.360 e. The highest BCUT2D eigenvalue weighted by atomic mass is 28.3. The Morgan fingerprint density at radius 3 is 2.71 bits per heavy atom. The van der Waals surface area contributed by atoms with Crippen molar-refractivity contribution in [1.82, 2.24) is 40.1 Å². The summed E-state index contributed by atoms with van der Waals surface area (Å²) in [6, 6.07) is 7.62. The number of hydrogen-bond donors (Lipinski definition) is 1. The minimum Gasteiger partial charge on any atom is -0.360 e. The molecule has 1 unspecified atom stereocenters. The summed E-state index contributed by atoms with van der Waals surface area (Å²) in [6.45, 7) is 13.3. The number of rotatable bonds is 9. The number of nitrogens with one attached hydrogen (secondary N) is 1. The first-order valence-electron chi connectivity index (χ1n) is 13.6. The smallest absolute Gasteiger partial charge is 0.245 e. The average molecular weight is 532 g/mol. The van der Waals surface area contributed by atoms with E-state index in [0.29, 0.717) is 24.1 Å². The Balaban J connectivity index is 1.28. The molecule has 1 aromatic carbocycles. The number of nitrogens with zero attached hydrogens (tertiary/aromatic N) is 8. The van der Waals surface area contributed by atoms with Gasteiger partial charge in [0.15, 0.2) is 0 Å². The molecule has 1 aliphatic carbocycles. The summed E-state index contributed by atoms with van der Waals surface area (Å²) in [7, 11) is -1.17. The fraction of sp³-hybridized carbons (Fsp3) is 0.519. The third-order valence-electron chi connectivity index (χ3n) is 7.90. The van der Waals surface area contributed by atoms with Gasteiger partial charge in [-0.2, -0.15) is 10.2 Å². The first kappa shape index (κ1) is 25.1. The van der Waals surface area contributed by atoms with Crippen LogP contribution >= 0.6 is 0 Å². The van der Waals surface area contributed by atoms with Crippen LogP contribution in [0.4, 0.5) is 5.95 Å². The van der Waals surface area contributed by atoms with E-state index in [1.807, 2.05) is 34.0 Å². The quantitative estimate of drug-likeness (QED) is 0.256. The molecule has 1 atom stereocenters. The van der Waals surface area contributed by atoms with Gasteiger partial charge in [-0.1, -0.05) is 26.6 Å². The zero-order chi connectivity index (χ0) is 26.3. The van der Waals surface area contributed by atoms with Gasteiger partial charge in [0.1, 0.15) is 12.4 Å². The predicted molar refractivity (Wildman–Crippen MR) is 151 cm³/mol. The summed E-state index contributed by atoms with van der Waals surface area (Å²) >= 11 is 0. The van der Waals surface area contributed by atoms with Gasteiger partial charge in [0, 0.05) is 63.7 Å². The van der Waals surface area contributed by atoms with Crippen LogP contribution in [0.3, 0.4) is 0 Å². The van der Waals surface area contributed by atoms with Crippen LogP contribution in [-0.4, -0.2) is 75.1 Å². The van der Waals surface area contributed by atoms with Crippen LogP contribution in [0.15, 0.2) is 43.0 Å². The summed E-state index contributed by atoms with van der Waals surface area (Å²) in [5.74, 6) is 0.695. The van der Waals surface area contributed by atoms with Crippen LogP contribution < -0.4 is 10.2 Å². The van der Waals surface area contributed by atoms with Crippen LogP contribution in [0.5, 0.6) is 0 Å². The van der Waals surface area contributed by atoms with Crippen molar-refractivity contribution in [1.29, 1.82) is 0 Å². The first-order valence-corrected chi connectivity index (χ1v) is 17.3.